The van der Waals surface area contributed by atoms with E-state index in [2.05, 4.69) is 15.1 Å². The van der Waals surface area contributed by atoms with E-state index < -0.39 is 17.3 Å². The van der Waals surface area contributed by atoms with Crippen LogP contribution in [0.3, 0.4) is 0 Å². The lowest BCUT2D eigenvalue weighted by Gasteiger charge is -2.13. The molecule has 1 atom stereocenters. The van der Waals surface area contributed by atoms with Gasteiger partial charge in [0.25, 0.3) is 5.56 Å². The number of rotatable bonds is 5. The number of H-pyrrole nitrogens is 1. The highest BCUT2D eigenvalue weighted by molar-refractivity contribution is 5.94. The zero-order valence-corrected chi connectivity index (χ0v) is 14.2. The molecule has 0 fully saturated rings. The van der Waals surface area contributed by atoms with Gasteiger partial charge in [0.1, 0.15) is 5.69 Å². The van der Waals surface area contributed by atoms with Gasteiger partial charge in [-0.2, -0.15) is 18.3 Å². The summed E-state index contributed by atoms with van der Waals surface area (Å²) in [6.07, 6.45) is -1.34. The van der Waals surface area contributed by atoms with Crippen molar-refractivity contribution in [2.24, 2.45) is 0 Å². The van der Waals surface area contributed by atoms with Crippen LogP contribution in [0.2, 0.25) is 0 Å². The predicted octanol–water partition coefficient (Wildman–Crippen LogP) is 3.35. The summed E-state index contributed by atoms with van der Waals surface area (Å²) in [5.74, 6) is -0.617. The summed E-state index contributed by atoms with van der Waals surface area (Å²) < 4.78 is 39.2. The number of nitrogens with zero attached hydrogens (tertiary/aromatic N) is 3. The highest BCUT2D eigenvalue weighted by atomic mass is 19.4. The van der Waals surface area contributed by atoms with Crippen LogP contribution in [-0.2, 0) is 6.18 Å². The number of carbonyl (C=O) groups is 1. The third-order valence-corrected chi connectivity index (χ3v) is 4.03. The smallest absolute Gasteiger partial charge is 0.292 e. The summed E-state index contributed by atoms with van der Waals surface area (Å²) in [7, 11) is 0. The van der Waals surface area contributed by atoms with Crippen molar-refractivity contribution in [3.8, 4) is 5.95 Å². The SMILES string of the molecule is C[C@@H](CC(=O)c1cc(=O)[nH]c(-n2cccn2)n1)c1ccc(C(F)(F)F)cc1. The molecule has 3 rings (SSSR count). The van der Waals surface area contributed by atoms with E-state index in [1.54, 1.807) is 19.2 Å². The Bertz CT molecular complexity index is 993. The van der Waals surface area contributed by atoms with Crippen LogP contribution in [0.25, 0.3) is 5.95 Å². The molecule has 0 radical (unpaired) electrons. The summed E-state index contributed by atoms with van der Waals surface area (Å²) >= 11 is 0. The van der Waals surface area contributed by atoms with Crippen molar-refractivity contribution in [2.75, 3.05) is 0 Å². The Morgan fingerprint density at radius 2 is 1.96 bits per heavy atom. The van der Waals surface area contributed by atoms with Gasteiger partial charge >= 0.3 is 6.18 Å². The molecule has 2 aromatic heterocycles. The number of Topliss-reactive ketones (excluding diaryl/α,β-unsaturated/α-hetero) is 1. The number of ketones is 1. The van der Waals surface area contributed by atoms with Crippen molar-refractivity contribution in [1.82, 2.24) is 19.7 Å². The Morgan fingerprint density at radius 3 is 2.56 bits per heavy atom. The van der Waals surface area contributed by atoms with Crippen LogP contribution >= 0.6 is 0 Å². The number of carbonyl (C=O) groups excluding carboxylic acids is 1. The monoisotopic (exact) mass is 376 g/mol. The van der Waals surface area contributed by atoms with Crippen molar-refractivity contribution < 1.29 is 18.0 Å². The van der Waals surface area contributed by atoms with E-state index in [9.17, 15) is 22.8 Å². The summed E-state index contributed by atoms with van der Waals surface area (Å²) in [5.41, 5.74) is -0.678. The number of halogens is 3. The fourth-order valence-electron chi connectivity index (χ4n) is 2.59. The van der Waals surface area contributed by atoms with Gasteiger partial charge in [-0.05, 0) is 29.7 Å². The minimum atomic E-state index is -4.41. The molecule has 27 heavy (non-hydrogen) atoms. The molecular weight excluding hydrogens is 361 g/mol. The van der Waals surface area contributed by atoms with E-state index in [1.807, 2.05) is 0 Å². The average Bonchev–Trinajstić information content (AvgIpc) is 3.15. The fourth-order valence-corrected chi connectivity index (χ4v) is 2.59. The van der Waals surface area contributed by atoms with E-state index in [-0.39, 0.29) is 29.8 Å². The number of alkyl halides is 3. The Balaban J connectivity index is 1.78. The maximum Gasteiger partial charge on any atom is 0.416 e. The Hall–Kier alpha value is -3.23. The van der Waals surface area contributed by atoms with Crippen LogP contribution in [0.15, 0.2) is 53.6 Å². The molecule has 1 N–H and O–H groups in total. The topological polar surface area (TPSA) is 80.6 Å². The largest absolute Gasteiger partial charge is 0.416 e. The molecule has 0 saturated carbocycles. The first-order valence-electron chi connectivity index (χ1n) is 8.06. The minimum Gasteiger partial charge on any atom is -0.292 e. The maximum absolute atomic E-state index is 12.6. The molecule has 0 unspecified atom stereocenters. The molecule has 0 aliphatic carbocycles. The first-order valence-corrected chi connectivity index (χ1v) is 8.06. The lowest BCUT2D eigenvalue weighted by molar-refractivity contribution is -0.137. The number of aromatic nitrogens is 4. The molecule has 0 saturated heterocycles. The van der Waals surface area contributed by atoms with Crippen LogP contribution in [0, 0.1) is 0 Å². The van der Waals surface area contributed by atoms with Gasteiger partial charge in [-0.1, -0.05) is 19.1 Å². The molecule has 0 bridgehead atoms. The number of hydrogen-bond donors (Lipinski definition) is 1. The number of hydrogen-bond acceptors (Lipinski definition) is 4. The lowest BCUT2D eigenvalue weighted by atomic mass is 9.94. The summed E-state index contributed by atoms with van der Waals surface area (Å²) in [6.45, 7) is 1.72. The van der Waals surface area contributed by atoms with Crippen LogP contribution in [0.4, 0.5) is 13.2 Å². The van der Waals surface area contributed by atoms with Gasteiger partial charge in [-0.3, -0.25) is 14.6 Å². The van der Waals surface area contributed by atoms with Crippen LogP contribution in [0.1, 0.15) is 40.9 Å². The van der Waals surface area contributed by atoms with Crippen molar-refractivity contribution in [1.29, 1.82) is 0 Å². The molecule has 2 heterocycles. The first kappa shape index (κ1) is 18.6. The third kappa shape index (κ3) is 4.30. The standard InChI is InChI=1S/C18H15F3N4O2/c1-11(12-3-5-13(6-4-12)18(19,20)21)9-15(26)14-10-16(27)24-17(23-14)25-8-2-7-22-25/h2-8,10-11H,9H2,1H3,(H,23,24,27)/t11-/m0/s1. The predicted molar refractivity (Wildman–Crippen MR) is 90.8 cm³/mol. The van der Waals surface area contributed by atoms with Gasteiger partial charge in [0.15, 0.2) is 5.78 Å². The first-order chi connectivity index (χ1) is 12.7. The average molecular weight is 376 g/mol. The molecule has 6 nitrogen and oxygen atoms in total. The molecule has 1 aromatic carbocycles. The molecular formula is C18H15F3N4O2. The number of nitrogens with one attached hydrogen (secondary N) is 1. The van der Waals surface area contributed by atoms with E-state index in [1.165, 1.54) is 23.0 Å². The Morgan fingerprint density at radius 1 is 1.26 bits per heavy atom. The fraction of sp³-hybridized carbons (Fsp3) is 0.222. The summed E-state index contributed by atoms with van der Waals surface area (Å²) in [5, 5.41) is 3.95. The molecule has 9 heteroatoms. The van der Waals surface area contributed by atoms with Crippen molar-refractivity contribution in [3.63, 3.8) is 0 Å². The van der Waals surface area contributed by atoms with Crippen LogP contribution in [0.5, 0.6) is 0 Å². The maximum atomic E-state index is 12.6. The molecule has 0 amide bonds. The highest BCUT2D eigenvalue weighted by Crippen LogP contribution is 2.30. The highest BCUT2D eigenvalue weighted by Gasteiger charge is 2.30. The zero-order valence-electron chi connectivity index (χ0n) is 14.2. The van der Waals surface area contributed by atoms with Gasteiger partial charge in [0.2, 0.25) is 5.95 Å². The minimum absolute atomic E-state index is 0.000362. The second-order valence-corrected chi connectivity index (χ2v) is 6.05. The normalized spacial score (nSPS) is 12.7. The van der Waals surface area contributed by atoms with Crippen LogP contribution in [-0.4, -0.2) is 25.5 Å². The zero-order chi connectivity index (χ0) is 19.6. The number of aromatic amines is 1. The Labute approximate surface area is 151 Å². The summed E-state index contributed by atoms with van der Waals surface area (Å²) in [6, 6.07) is 7.40. The van der Waals surface area contributed by atoms with Gasteiger partial charge in [-0.15, -0.1) is 0 Å². The van der Waals surface area contributed by atoms with E-state index in [0.29, 0.717) is 5.56 Å². The van der Waals surface area contributed by atoms with Gasteiger partial charge in [0, 0.05) is 24.9 Å². The third-order valence-electron chi connectivity index (χ3n) is 4.03. The van der Waals surface area contributed by atoms with E-state index >= 15 is 0 Å². The lowest BCUT2D eigenvalue weighted by Crippen LogP contribution is -2.18. The summed E-state index contributed by atoms with van der Waals surface area (Å²) in [4.78, 5) is 30.9. The molecule has 3 aromatic rings. The second kappa shape index (κ2) is 7.18. The number of benzene rings is 1. The van der Waals surface area contributed by atoms with Gasteiger partial charge < -0.3 is 0 Å². The Kier molecular flexibility index (Phi) is 4.93. The van der Waals surface area contributed by atoms with Gasteiger partial charge in [0.05, 0.1) is 5.56 Å². The van der Waals surface area contributed by atoms with Crippen LogP contribution < -0.4 is 5.56 Å². The van der Waals surface area contributed by atoms with E-state index in [4.69, 9.17) is 0 Å². The quantitative estimate of drug-likeness (QED) is 0.693. The van der Waals surface area contributed by atoms with Gasteiger partial charge in [-0.25, -0.2) is 9.67 Å². The second-order valence-electron chi connectivity index (χ2n) is 6.05. The van der Waals surface area contributed by atoms with E-state index in [0.717, 1.165) is 18.2 Å². The van der Waals surface area contributed by atoms with Crippen molar-refractivity contribution >= 4 is 5.78 Å². The molecule has 140 valence electrons. The van der Waals surface area contributed by atoms with Crippen molar-refractivity contribution in [3.05, 3.63) is 76.0 Å². The molecule has 0 aliphatic rings. The molecule has 0 aliphatic heterocycles. The molecule has 0 spiro atoms. The van der Waals surface area contributed by atoms with Crippen molar-refractivity contribution in [2.45, 2.75) is 25.4 Å².